The highest BCUT2D eigenvalue weighted by Gasteiger charge is 2.21. The van der Waals surface area contributed by atoms with E-state index in [4.69, 9.17) is 9.47 Å². The van der Waals surface area contributed by atoms with Crippen molar-refractivity contribution < 1.29 is 18.7 Å². The van der Waals surface area contributed by atoms with Crippen molar-refractivity contribution in [1.29, 1.82) is 0 Å². The van der Waals surface area contributed by atoms with Crippen molar-refractivity contribution in [3.63, 3.8) is 0 Å². The van der Waals surface area contributed by atoms with Crippen LogP contribution in [0.3, 0.4) is 0 Å². The molecular formula is C18H21FN2O3. The normalized spacial score (nSPS) is 17.7. The molecule has 3 rings (SSSR count). The van der Waals surface area contributed by atoms with Crippen LogP contribution in [0.15, 0.2) is 30.5 Å². The van der Waals surface area contributed by atoms with Crippen LogP contribution >= 0.6 is 0 Å². The summed E-state index contributed by atoms with van der Waals surface area (Å²) in [6, 6.07) is 6.00. The molecule has 24 heavy (non-hydrogen) atoms. The average Bonchev–Trinajstić information content (AvgIpc) is 3.05. The Morgan fingerprint density at radius 1 is 1.38 bits per heavy atom. The molecule has 1 fully saturated rings. The number of nitrogens with zero attached hydrogens (tertiary/aromatic N) is 2. The van der Waals surface area contributed by atoms with Gasteiger partial charge in [0.1, 0.15) is 18.0 Å². The van der Waals surface area contributed by atoms with E-state index < -0.39 is 5.97 Å². The molecule has 1 atom stereocenters. The fraction of sp³-hybridized carbons (Fsp3) is 0.444. The van der Waals surface area contributed by atoms with Gasteiger partial charge in [-0.2, -0.15) is 5.10 Å². The van der Waals surface area contributed by atoms with Crippen molar-refractivity contribution in [2.75, 3.05) is 13.2 Å². The molecule has 1 saturated heterocycles. The zero-order chi connectivity index (χ0) is 16.9. The van der Waals surface area contributed by atoms with E-state index in [1.165, 1.54) is 18.3 Å². The molecule has 0 aliphatic carbocycles. The molecule has 0 spiro atoms. The van der Waals surface area contributed by atoms with Gasteiger partial charge in [0.05, 0.1) is 23.7 Å². The minimum Gasteiger partial charge on any atom is -0.459 e. The van der Waals surface area contributed by atoms with E-state index >= 15 is 0 Å². The van der Waals surface area contributed by atoms with Crippen LogP contribution in [0.5, 0.6) is 0 Å². The van der Waals surface area contributed by atoms with Gasteiger partial charge < -0.3 is 9.47 Å². The van der Waals surface area contributed by atoms with Gasteiger partial charge in [-0.15, -0.1) is 0 Å². The number of carbonyl (C=O) groups is 1. The van der Waals surface area contributed by atoms with Crippen LogP contribution in [0.1, 0.15) is 42.2 Å². The van der Waals surface area contributed by atoms with Gasteiger partial charge in [0.15, 0.2) is 0 Å². The first-order valence-corrected chi connectivity index (χ1v) is 8.30. The summed E-state index contributed by atoms with van der Waals surface area (Å²) in [6.07, 6.45) is 5.19. The maximum Gasteiger partial charge on any atom is 0.341 e. The lowest BCUT2D eigenvalue weighted by Gasteiger charge is -2.22. The second-order valence-corrected chi connectivity index (χ2v) is 5.83. The lowest BCUT2D eigenvalue weighted by atomic mass is 10.1. The number of hydrogen-bond donors (Lipinski definition) is 0. The molecule has 1 aliphatic heterocycles. The monoisotopic (exact) mass is 332 g/mol. The Hall–Kier alpha value is -2.21. The Bertz CT molecular complexity index is 691. The van der Waals surface area contributed by atoms with Crippen LogP contribution in [0.2, 0.25) is 0 Å². The number of aromatic nitrogens is 2. The minimum absolute atomic E-state index is 0.0140. The zero-order valence-electron chi connectivity index (χ0n) is 13.7. The van der Waals surface area contributed by atoms with Gasteiger partial charge >= 0.3 is 5.97 Å². The van der Waals surface area contributed by atoms with Crippen molar-refractivity contribution >= 4 is 5.97 Å². The molecule has 2 heterocycles. The fourth-order valence-electron chi connectivity index (χ4n) is 2.87. The molecule has 1 aliphatic rings. The van der Waals surface area contributed by atoms with E-state index in [9.17, 15) is 9.18 Å². The molecule has 5 nitrogen and oxygen atoms in total. The Morgan fingerprint density at radius 3 is 2.83 bits per heavy atom. The van der Waals surface area contributed by atoms with Gasteiger partial charge in [0, 0.05) is 6.61 Å². The van der Waals surface area contributed by atoms with E-state index in [-0.39, 0.29) is 18.5 Å². The standard InChI is InChI=1S/C18H21FN2O3/c1-2-17-16(18(22)24-12-15-5-3-4-10-23-15)11-20-21(17)14-8-6-13(19)7-9-14/h6-9,11,15H,2-5,10,12H2,1H3. The molecule has 0 amide bonds. The van der Waals surface area contributed by atoms with Crippen molar-refractivity contribution in [2.24, 2.45) is 0 Å². The summed E-state index contributed by atoms with van der Waals surface area (Å²) in [7, 11) is 0. The Balaban J connectivity index is 1.73. The van der Waals surface area contributed by atoms with Crippen molar-refractivity contribution in [1.82, 2.24) is 9.78 Å². The lowest BCUT2D eigenvalue weighted by molar-refractivity contribution is -0.0300. The van der Waals surface area contributed by atoms with Gasteiger partial charge in [0.2, 0.25) is 0 Å². The highest BCUT2D eigenvalue weighted by atomic mass is 19.1. The molecule has 128 valence electrons. The quantitative estimate of drug-likeness (QED) is 0.788. The minimum atomic E-state index is -0.394. The van der Waals surface area contributed by atoms with Crippen LogP contribution in [-0.4, -0.2) is 35.1 Å². The molecule has 0 bridgehead atoms. The van der Waals surface area contributed by atoms with Crippen LogP contribution in [0.4, 0.5) is 4.39 Å². The maximum atomic E-state index is 13.1. The summed E-state index contributed by atoms with van der Waals surface area (Å²) in [5.41, 5.74) is 1.90. The molecule has 0 radical (unpaired) electrons. The van der Waals surface area contributed by atoms with E-state index in [1.807, 2.05) is 6.92 Å². The Labute approximate surface area is 140 Å². The average molecular weight is 332 g/mol. The smallest absolute Gasteiger partial charge is 0.341 e. The van der Waals surface area contributed by atoms with E-state index in [2.05, 4.69) is 5.10 Å². The number of hydrogen-bond acceptors (Lipinski definition) is 4. The summed E-state index contributed by atoms with van der Waals surface area (Å²) in [6.45, 7) is 2.94. The van der Waals surface area contributed by atoms with Gasteiger partial charge in [-0.25, -0.2) is 13.9 Å². The second-order valence-electron chi connectivity index (χ2n) is 5.83. The third-order valence-electron chi connectivity index (χ3n) is 4.17. The van der Waals surface area contributed by atoms with Crippen molar-refractivity contribution in [2.45, 2.75) is 38.7 Å². The molecule has 1 aromatic heterocycles. The number of esters is 1. The first kappa shape index (κ1) is 16.6. The summed E-state index contributed by atoms with van der Waals surface area (Å²) >= 11 is 0. The summed E-state index contributed by atoms with van der Waals surface area (Å²) in [5.74, 6) is -0.703. The predicted molar refractivity (Wildman–Crippen MR) is 86.8 cm³/mol. The third kappa shape index (κ3) is 3.64. The predicted octanol–water partition coefficient (Wildman–Crippen LogP) is 3.30. The summed E-state index contributed by atoms with van der Waals surface area (Å²) in [5, 5.41) is 4.26. The van der Waals surface area contributed by atoms with E-state index in [1.54, 1.807) is 16.8 Å². The highest BCUT2D eigenvalue weighted by Crippen LogP contribution is 2.18. The largest absolute Gasteiger partial charge is 0.459 e. The second kappa shape index (κ2) is 7.57. The van der Waals surface area contributed by atoms with Gasteiger partial charge in [-0.3, -0.25) is 0 Å². The van der Waals surface area contributed by atoms with E-state index in [0.717, 1.165) is 31.6 Å². The molecule has 2 aromatic rings. The van der Waals surface area contributed by atoms with Crippen LogP contribution in [0, 0.1) is 5.82 Å². The van der Waals surface area contributed by atoms with Crippen LogP contribution < -0.4 is 0 Å². The van der Waals surface area contributed by atoms with Crippen LogP contribution in [-0.2, 0) is 15.9 Å². The zero-order valence-corrected chi connectivity index (χ0v) is 13.7. The third-order valence-corrected chi connectivity index (χ3v) is 4.17. The molecular weight excluding hydrogens is 311 g/mol. The SMILES string of the molecule is CCc1c(C(=O)OCC2CCCCO2)cnn1-c1ccc(F)cc1. The molecule has 1 unspecified atom stereocenters. The number of carbonyl (C=O) groups excluding carboxylic acids is 1. The Morgan fingerprint density at radius 2 is 2.17 bits per heavy atom. The highest BCUT2D eigenvalue weighted by molar-refractivity contribution is 5.90. The summed E-state index contributed by atoms with van der Waals surface area (Å²) < 4.78 is 25.7. The number of rotatable bonds is 5. The van der Waals surface area contributed by atoms with Gasteiger partial charge in [-0.05, 0) is 49.9 Å². The maximum absolute atomic E-state index is 13.1. The van der Waals surface area contributed by atoms with Crippen molar-refractivity contribution in [3.05, 3.63) is 47.5 Å². The first-order valence-electron chi connectivity index (χ1n) is 8.30. The van der Waals surface area contributed by atoms with Crippen molar-refractivity contribution in [3.8, 4) is 5.69 Å². The Kier molecular flexibility index (Phi) is 5.25. The van der Waals surface area contributed by atoms with Gasteiger partial charge in [-0.1, -0.05) is 6.92 Å². The number of halogens is 1. The molecule has 0 saturated carbocycles. The molecule has 6 heteroatoms. The van der Waals surface area contributed by atoms with E-state index in [0.29, 0.717) is 17.7 Å². The fourth-order valence-corrected chi connectivity index (χ4v) is 2.87. The number of ether oxygens (including phenoxy) is 2. The first-order chi connectivity index (χ1) is 11.7. The molecule has 1 aromatic carbocycles. The lowest BCUT2D eigenvalue weighted by Crippen LogP contribution is -2.26. The number of benzene rings is 1. The summed E-state index contributed by atoms with van der Waals surface area (Å²) in [4.78, 5) is 12.4. The van der Waals surface area contributed by atoms with Gasteiger partial charge in [0.25, 0.3) is 0 Å². The molecule has 0 N–H and O–H groups in total. The van der Waals surface area contributed by atoms with Crippen LogP contribution in [0.25, 0.3) is 5.69 Å². The topological polar surface area (TPSA) is 53.4 Å².